The molecule has 0 saturated carbocycles. The first-order valence-electron chi connectivity index (χ1n) is 8.07. The summed E-state index contributed by atoms with van der Waals surface area (Å²) in [5.41, 5.74) is 1.04. The summed E-state index contributed by atoms with van der Waals surface area (Å²) in [6, 6.07) is 2.38. The fraction of sp³-hybridized carbons (Fsp3) is 0.706. The summed E-state index contributed by atoms with van der Waals surface area (Å²) in [5, 5.41) is 4.05. The quantitative estimate of drug-likeness (QED) is 0.672. The molecule has 0 aliphatic rings. The van der Waals surface area contributed by atoms with Crippen molar-refractivity contribution in [1.82, 2.24) is 10.3 Å². The third-order valence-electron chi connectivity index (χ3n) is 3.62. The highest BCUT2D eigenvalue weighted by Gasteiger charge is 2.09. The van der Waals surface area contributed by atoms with Gasteiger partial charge in [-0.3, -0.25) is 0 Å². The van der Waals surface area contributed by atoms with Crippen molar-refractivity contribution in [3.8, 4) is 5.88 Å². The van der Waals surface area contributed by atoms with E-state index in [2.05, 4.69) is 38.0 Å². The molecule has 1 rings (SSSR count). The molecule has 3 nitrogen and oxygen atoms in total. The lowest BCUT2D eigenvalue weighted by Crippen LogP contribution is -2.22. The fourth-order valence-corrected chi connectivity index (χ4v) is 2.26. The Balaban J connectivity index is 2.56. The van der Waals surface area contributed by atoms with E-state index < -0.39 is 0 Å². The molecule has 0 fully saturated rings. The zero-order valence-electron chi connectivity index (χ0n) is 13.8. The van der Waals surface area contributed by atoms with Gasteiger partial charge in [-0.25, -0.2) is 4.98 Å². The molecular formula is C17H29ClN2O. The number of nitrogens with one attached hydrogen (secondary N) is 1. The Morgan fingerprint density at radius 2 is 2.10 bits per heavy atom. The monoisotopic (exact) mass is 312 g/mol. The number of aromatic nitrogens is 1. The van der Waals surface area contributed by atoms with E-state index in [1.165, 1.54) is 19.3 Å². The predicted molar refractivity (Wildman–Crippen MR) is 90.0 cm³/mol. The number of ether oxygens (including phenoxy) is 1. The number of halogens is 1. The lowest BCUT2D eigenvalue weighted by Gasteiger charge is -2.16. The first-order chi connectivity index (χ1) is 10.1. The second-order valence-electron chi connectivity index (χ2n) is 5.88. The summed E-state index contributed by atoms with van der Waals surface area (Å²) in [5.74, 6) is 1.29. The largest absolute Gasteiger partial charge is 0.477 e. The lowest BCUT2D eigenvalue weighted by molar-refractivity contribution is 0.225. The van der Waals surface area contributed by atoms with Crippen molar-refractivity contribution in [2.75, 3.05) is 6.61 Å². The predicted octanol–water partition coefficient (Wildman–Crippen LogP) is 4.83. The summed E-state index contributed by atoms with van der Waals surface area (Å²) in [7, 11) is 0. The van der Waals surface area contributed by atoms with Crippen LogP contribution in [-0.2, 0) is 6.54 Å². The minimum absolute atomic E-state index is 0.428. The first-order valence-corrected chi connectivity index (χ1v) is 8.45. The van der Waals surface area contributed by atoms with Crippen molar-refractivity contribution < 1.29 is 4.74 Å². The van der Waals surface area contributed by atoms with Gasteiger partial charge >= 0.3 is 0 Å². The Bertz CT molecular complexity index is 410. The van der Waals surface area contributed by atoms with E-state index >= 15 is 0 Å². The van der Waals surface area contributed by atoms with Crippen LogP contribution in [-0.4, -0.2) is 17.6 Å². The topological polar surface area (TPSA) is 34.1 Å². The van der Waals surface area contributed by atoms with Crippen molar-refractivity contribution >= 4 is 11.6 Å². The molecule has 0 bridgehead atoms. The molecule has 0 aliphatic carbocycles. The van der Waals surface area contributed by atoms with E-state index in [-0.39, 0.29) is 0 Å². The number of pyridine rings is 1. The Hall–Kier alpha value is -0.800. The standard InChI is InChI=1S/C17H29ClN2O/c1-5-7-8-14(6-2)12-21-17-9-15(10-19-13(3)4)16(18)11-20-17/h9,11,13-14,19H,5-8,10,12H2,1-4H3. The second-order valence-corrected chi connectivity index (χ2v) is 6.28. The van der Waals surface area contributed by atoms with Gasteiger partial charge in [0.25, 0.3) is 0 Å². The van der Waals surface area contributed by atoms with Gasteiger partial charge < -0.3 is 10.1 Å². The summed E-state index contributed by atoms with van der Waals surface area (Å²) >= 11 is 6.18. The molecule has 0 radical (unpaired) electrons. The van der Waals surface area contributed by atoms with Crippen LogP contribution in [0.3, 0.4) is 0 Å². The second kappa shape index (κ2) is 10.0. The summed E-state index contributed by atoms with van der Waals surface area (Å²) in [6.45, 7) is 10.2. The minimum Gasteiger partial charge on any atom is -0.477 e. The molecule has 1 aromatic rings. The molecule has 21 heavy (non-hydrogen) atoms. The van der Waals surface area contributed by atoms with Crippen LogP contribution in [0.4, 0.5) is 0 Å². The average Bonchev–Trinajstić information content (AvgIpc) is 2.47. The molecule has 4 heteroatoms. The van der Waals surface area contributed by atoms with Gasteiger partial charge in [0.2, 0.25) is 5.88 Å². The molecule has 1 heterocycles. The number of hydrogen-bond donors (Lipinski definition) is 1. The van der Waals surface area contributed by atoms with Crippen LogP contribution < -0.4 is 10.1 Å². The van der Waals surface area contributed by atoms with Gasteiger partial charge in [0, 0.05) is 24.8 Å². The highest BCUT2D eigenvalue weighted by atomic mass is 35.5. The van der Waals surface area contributed by atoms with E-state index in [0.29, 0.717) is 22.9 Å². The normalized spacial score (nSPS) is 12.7. The van der Waals surface area contributed by atoms with Crippen LogP contribution in [0.5, 0.6) is 5.88 Å². The average molecular weight is 313 g/mol. The van der Waals surface area contributed by atoms with Gasteiger partial charge in [-0.15, -0.1) is 0 Å². The lowest BCUT2D eigenvalue weighted by atomic mass is 10.0. The zero-order valence-corrected chi connectivity index (χ0v) is 14.5. The molecule has 1 atom stereocenters. The maximum Gasteiger partial charge on any atom is 0.213 e. The molecule has 0 spiro atoms. The Morgan fingerprint density at radius 1 is 1.33 bits per heavy atom. The van der Waals surface area contributed by atoms with E-state index in [9.17, 15) is 0 Å². The van der Waals surface area contributed by atoms with Gasteiger partial charge in [0.05, 0.1) is 11.6 Å². The van der Waals surface area contributed by atoms with Gasteiger partial charge in [-0.1, -0.05) is 58.6 Å². The van der Waals surface area contributed by atoms with Gasteiger partial charge in [-0.2, -0.15) is 0 Å². The van der Waals surface area contributed by atoms with Crippen LogP contribution in [0.25, 0.3) is 0 Å². The van der Waals surface area contributed by atoms with Gasteiger partial charge in [-0.05, 0) is 17.9 Å². The van der Waals surface area contributed by atoms with Crippen LogP contribution in [0, 0.1) is 5.92 Å². The van der Waals surface area contributed by atoms with Crippen molar-refractivity contribution in [3.05, 3.63) is 22.8 Å². The highest BCUT2D eigenvalue weighted by molar-refractivity contribution is 6.31. The van der Waals surface area contributed by atoms with Crippen LogP contribution >= 0.6 is 11.6 Å². The minimum atomic E-state index is 0.428. The summed E-state index contributed by atoms with van der Waals surface area (Å²) < 4.78 is 5.86. The molecule has 1 aromatic heterocycles. The molecular weight excluding hydrogens is 284 g/mol. The molecule has 120 valence electrons. The first kappa shape index (κ1) is 18.2. The number of nitrogens with zero attached hydrogens (tertiary/aromatic N) is 1. The summed E-state index contributed by atoms with van der Waals surface area (Å²) in [4.78, 5) is 4.27. The van der Waals surface area contributed by atoms with E-state index in [1.54, 1.807) is 6.20 Å². The maximum absolute atomic E-state index is 6.18. The SMILES string of the molecule is CCCCC(CC)COc1cc(CNC(C)C)c(Cl)cn1. The third-order valence-corrected chi connectivity index (χ3v) is 3.96. The fourth-order valence-electron chi connectivity index (χ4n) is 2.09. The smallest absolute Gasteiger partial charge is 0.213 e. The van der Waals surface area contributed by atoms with Crippen LogP contribution in [0.1, 0.15) is 58.9 Å². The van der Waals surface area contributed by atoms with Crippen molar-refractivity contribution in [2.24, 2.45) is 5.92 Å². The molecule has 1 N–H and O–H groups in total. The number of rotatable bonds is 10. The molecule has 0 amide bonds. The third kappa shape index (κ3) is 7.14. The Labute approximate surface area is 134 Å². The summed E-state index contributed by atoms with van der Waals surface area (Å²) in [6.07, 6.45) is 6.55. The van der Waals surface area contributed by atoms with Gasteiger partial charge in [0.1, 0.15) is 0 Å². The van der Waals surface area contributed by atoms with E-state index in [0.717, 1.165) is 25.1 Å². The Kier molecular flexibility index (Phi) is 8.70. The van der Waals surface area contributed by atoms with Crippen LogP contribution in [0.15, 0.2) is 12.3 Å². The maximum atomic E-state index is 6.18. The molecule has 0 aromatic carbocycles. The van der Waals surface area contributed by atoms with E-state index in [1.807, 2.05) is 6.07 Å². The molecule has 0 saturated heterocycles. The van der Waals surface area contributed by atoms with Crippen molar-refractivity contribution in [3.63, 3.8) is 0 Å². The molecule has 1 unspecified atom stereocenters. The van der Waals surface area contributed by atoms with E-state index in [4.69, 9.17) is 16.3 Å². The Morgan fingerprint density at radius 3 is 2.71 bits per heavy atom. The van der Waals surface area contributed by atoms with Crippen molar-refractivity contribution in [2.45, 2.75) is 66.0 Å². The van der Waals surface area contributed by atoms with Crippen LogP contribution in [0.2, 0.25) is 5.02 Å². The number of hydrogen-bond acceptors (Lipinski definition) is 3. The zero-order chi connectivity index (χ0) is 15.7. The number of unbranched alkanes of at least 4 members (excludes halogenated alkanes) is 1. The van der Waals surface area contributed by atoms with Crippen molar-refractivity contribution in [1.29, 1.82) is 0 Å². The molecule has 0 aliphatic heterocycles. The van der Waals surface area contributed by atoms with Gasteiger partial charge in [0.15, 0.2) is 0 Å². The highest BCUT2D eigenvalue weighted by Crippen LogP contribution is 2.21.